The number of hydrogen-bond donors (Lipinski definition) is 0. The Labute approximate surface area is 185 Å². The van der Waals surface area contributed by atoms with E-state index in [9.17, 15) is 0 Å². The van der Waals surface area contributed by atoms with E-state index in [0.29, 0.717) is 44.7 Å². The molecule has 0 bridgehead atoms. The summed E-state index contributed by atoms with van der Waals surface area (Å²) in [6.45, 7) is 6.07. The minimum absolute atomic E-state index is 0.0259. The smallest absolute Gasteiger partial charge is 0.259 e. The van der Waals surface area contributed by atoms with Gasteiger partial charge in [0.2, 0.25) is 11.7 Å². The summed E-state index contributed by atoms with van der Waals surface area (Å²) in [5, 5.41) is 4.93. The van der Waals surface area contributed by atoms with Crippen molar-refractivity contribution in [2.45, 2.75) is 52.2 Å². The summed E-state index contributed by atoms with van der Waals surface area (Å²) in [5.74, 6) is 2.51. The zero-order valence-electron chi connectivity index (χ0n) is 17.1. The average molecular weight is 448 g/mol. The van der Waals surface area contributed by atoms with Crippen LogP contribution in [0.1, 0.15) is 40.0 Å². The molecule has 3 aromatic rings. The largest absolute Gasteiger partial charge is 0.490 e. The molecular formula is C22H23Cl2N3O3. The van der Waals surface area contributed by atoms with Gasteiger partial charge >= 0.3 is 0 Å². The lowest BCUT2D eigenvalue weighted by atomic mass is 10.1. The van der Waals surface area contributed by atoms with Crippen molar-refractivity contribution in [2.75, 3.05) is 0 Å². The van der Waals surface area contributed by atoms with Crippen LogP contribution in [0.5, 0.6) is 11.6 Å². The molecule has 2 aromatic heterocycles. The summed E-state index contributed by atoms with van der Waals surface area (Å²) in [6, 6.07) is 7.21. The Morgan fingerprint density at radius 2 is 1.97 bits per heavy atom. The third-order valence-corrected chi connectivity index (χ3v) is 5.54. The SMILES string of the molecule is CC1CCC(Oc2ccc(-c3noc(-c4cnc(OC(C)C)c(Cl)c4)n3)c(Cl)c2)C1. The lowest BCUT2D eigenvalue weighted by Gasteiger charge is -2.14. The molecule has 6 nitrogen and oxygen atoms in total. The van der Waals surface area contributed by atoms with Crippen molar-refractivity contribution in [3.63, 3.8) is 0 Å². The maximum Gasteiger partial charge on any atom is 0.259 e. The molecule has 1 aliphatic carbocycles. The van der Waals surface area contributed by atoms with E-state index in [0.717, 1.165) is 18.6 Å². The molecule has 158 valence electrons. The van der Waals surface area contributed by atoms with E-state index in [1.54, 1.807) is 18.3 Å². The highest BCUT2D eigenvalue weighted by molar-refractivity contribution is 6.33. The molecule has 1 fully saturated rings. The molecule has 0 spiro atoms. The van der Waals surface area contributed by atoms with E-state index in [-0.39, 0.29) is 12.2 Å². The molecule has 0 N–H and O–H groups in total. The van der Waals surface area contributed by atoms with E-state index >= 15 is 0 Å². The van der Waals surface area contributed by atoms with Gasteiger partial charge in [0, 0.05) is 11.8 Å². The topological polar surface area (TPSA) is 70.3 Å². The maximum atomic E-state index is 6.48. The van der Waals surface area contributed by atoms with Crippen molar-refractivity contribution >= 4 is 23.2 Å². The standard InChI is InChI=1S/C22H23Cl2N3O3/c1-12(2)28-22-19(24)9-14(11-25-22)21-26-20(27-30-21)17-7-6-16(10-18(17)23)29-15-5-4-13(3)8-15/h6-7,9-13,15H,4-5,8H2,1-3H3. The van der Waals surface area contributed by atoms with Gasteiger partial charge < -0.3 is 14.0 Å². The summed E-state index contributed by atoms with van der Waals surface area (Å²) in [7, 11) is 0. The predicted octanol–water partition coefficient (Wildman–Crippen LogP) is 6.46. The molecule has 2 heterocycles. The van der Waals surface area contributed by atoms with Crippen molar-refractivity contribution in [3.8, 4) is 34.5 Å². The Morgan fingerprint density at radius 3 is 2.63 bits per heavy atom. The van der Waals surface area contributed by atoms with Gasteiger partial charge in [0.15, 0.2) is 0 Å². The van der Waals surface area contributed by atoms with E-state index in [4.69, 9.17) is 37.2 Å². The van der Waals surface area contributed by atoms with Crippen molar-refractivity contribution in [2.24, 2.45) is 5.92 Å². The Hall–Kier alpha value is -2.31. The number of halogens is 2. The first-order chi connectivity index (χ1) is 14.4. The summed E-state index contributed by atoms with van der Waals surface area (Å²) >= 11 is 12.7. The number of nitrogens with zero attached hydrogens (tertiary/aromatic N) is 3. The fourth-order valence-corrected chi connectivity index (χ4v) is 3.97. The number of aromatic nitrogens is 3. The van der Waals surface area contributed by atoms with Gasteiger partial charge in [-0.2, -0.15) is 4.98 Å². The summed E-state index contributed by atoms with van der Waals surface area (Å²) < 4.78 is 17.0. The molecular weight excluding hydrogens is 425 g/mol. The van der Waals surface area contributed by atoms with Crippen molar-refractivity contribution < 1.29 is 14.0 Å². The first-order valence-electron chi connectivity index (χ1n) is 10.0. The molecule has 0 amide bonds. The monoisotopic (exact) mass is 447 g/mol. The van der Waals surface area contributed by atoms with E-state index < -0.39 is 0 Å². The van der Waals surface area contributed by atoms with E-state index in [1.807, 2.05) is 26.0 Å². The number of benzene rings is 1. The Morgan fingerprint density at radius 1 is 1.13 bits per heavy atom. The highest BCUT2D eigenvalue weighted by atomic mass is 35.5. The number of rotatable bonds is 6. The maximum absolute atomic E-state index is 6.48. The molecule has 1 aliphatic rings. The van der Waals surface area contributed by atoms with Crippen LogP contribution in [0.4, 0.5) is 0 Å². The molecule has 0 radical (unpaired) electrons. The minimum atomic E-state index is -0.0259. The van der Waals surface area contributed by atoms with Crippen molar-refractivity contribution in [1.29, 1.82) is 0 Å². The summed E-state index contributed by atoms with van der Waals surface area (Å²) in [4.78, 5) is 8.68. The molecule has 8 heteroatoms. The van der Waals surface area contributed by atoms with E-state index in [2.05, 4.69) is 22.0 Å². The second-order valence-electron chi connectivity index (χ2n) is 7.90. The third-order valence-electron chi connectivity index (χ3n) is 4.96. The van der Waals surface area contributed by atoms with Crippen LogP contribution < -0.4 is 9.47 Å². The van der Waals surface area contributed by atoms with Crippen LogP contribution in [0.15, 0.2) is 35.0 Å². The van der Waals surface area contributed by atoms with Gasteiger partial charge in [-0.25, -0.2) is 4.98 Å². The average Bonchev–Trinajstić information content (AvgIpc) is 3.32. The zero-order valence-corrected chi connectivity index (χ0v) is 18.6. The molecule has 2 atom stereocenters. The first-order valence-corrected chi connectivity index (χ1v) is 10.8. The summed E-state index contributed by atoms with van der Waals surface area (Å²) in [5.41, 5.74) is 1.26. The van der Waals surface area contributed by atoms with Crippen LogP contribution in [0, 0.1) is 5.92 Å². The van der Waals surface area contributed by atoms with Crippen LogP contribution in [-0.2, 0) is 0 Å². The number of ether oxygens (including phenoxy) is 2. The fourth-order valence-electron chi connectivity index (χ4n) is 3.51. The molecule has 0 saturated heterocycles. The Bertz CT molecular complexity index is 1040. The minimum Gasteiger partial charge on any atom is -0.490 e. The lowest BCUT2D eigenvalue weighted by Crippen LogP contribution is -2.11. The van der Waals surface area contributed by atoms with Gasteiger partial charge in [-0.1, -0.05) is 35.3 Å². The summed E-state index contributed by atoms with van der Waals surface area (Å²) in [6.07, 6.45) is 5.16. The highest BCUT2D eigenvalue weighted by Crippen LogP contribution is 2.34. The lowest BCUT2D eigenvalue weighted by molar-refractivity contribution is 0.205. The van der Waals surface area contributed by atoms with Gasteiger partial charge in [-0.15, -0.1) is 0 Å². The van der Waals surface area contributed by atoms with Crippen LogP contribution >= 0.6 is 23.2 Å². The molecule has 30 heavy (non-hydrogen) atoms. The van der Waals surface area contributed by atoms with E-state index in [1.165, 1.54) is 6.42 Å². The van der Waals surface area contributed by atoms with Gasteiger partial charge in [-0.3, -0.25) is 0 Å². The zero-order chi connectivity index (χ0) is 21.3. The van der Waals surface area contributed by atoms with Crippen LogP contribution in [0.25, 0.3) is 22.8 Å². The predicted molar refractivity (Wildman–Crippen MR) is 116 cm³/mol. The third kappa shape index (κ3) is 4.71. The molecule has 0 aliphatic heterocycles. The van der Waals surface area contributed by atoms with Gasteiger partial charge in [0.1, 0.15) is 10.8 Å². The second kappa shape index (κ2) is 8.82. The second-order valence-corrected chi connectivity index (χ2v) is 8.71. The van der Waals surface area contributed by atoms with Crippen LogP contribution in [0.3, 0.4) is 0 Å². The van der Waals surface area contributed by atoms with Crippen LogP contribution in [0.2, 0.25) is 10.0 Å². The first kappa shape index (κ1) is 20.9. The fraction of sp³-hybridized carbons (Fsp3) is 0.409. The number of pyridine rings is 1. The Balaban J connectivity index is 1.51. The molecule has 1 aromatic carbocycles. The number of hydrogen-bond acceptors (Lipinski definition) is 6. The van der Waals surface area contributed by atoms with Gasteiger partial charge in [-0.05, 0) is 63.3 Å². The quantitative estimate of drug-likeness (QED) is 0.431. The van der Waals surface area contributed by atoms with Crippen LogP contribution in [-0.4, -0.2) is 27.3 Å². The molecule has 1 saturated carbocycles. The van der Waals surface area contributed by atoms with Gasteiger partial charge in [0.05, 0.1) is 22.8 Å². The Kier molecular flexibility index (Phi) is 6.16. The van der Waals surface area contributed by atoms with Gasteiger partial charge in [0.25, 0.3) is 5.89 Å². The highest BCUT2D eigenvalue weighted by Gasteiger charge is 2.23. The molecule has 4 rings (SSSR count). The normalized spacial score (nSPS) is 18.7. The van der Waals surface area contributed by atoms with Crippen molar-refractivity contribution in [1.82, 2.24) is 15.1 Å². The molecule has 2 unspecified atom stereocenters. The van der Waals surface area contributed by atoms with Crippen molar-refractivity contribution in [3.05, 3.63) is 40.5 Å².